The molecule has 0 saturated heterocycles. The van der Waals surface area contributed by atoms with Crippen molar-refractivity contribution in [2.45, 2.75) is 45.4 Å². The molecule has 0 spiro atoms. The standard InChI is InChI=1S/C28H37N3O5/c1-18-14-31(19(2)17-32)28(34)23-6-5-7-24(29-27(33)21-10-11-21)26(23)36-25(18)16-30(3)15-20-8-12-22(35-4)13-9-20/h5-9,12-13,18-19,21,25,32H,10-11,14-17H2,1-4H3,(H,29,33)/t18-,19+,25+/m0/s1. The molecule has 2 aliphatic rings. The Bertz CT molecular complexity index is 1070. The first-order valence-corrected chi connectivity index (χ1v) is 12.6. The van der Waals surface area contributed by atoms with Gasteiger partial charge < -0.3 is 24.8 Å². The zero-order valence-corrected chi connectivity index (χ0v) is 21.6. The van der Waals surface area contributed by atoms with Gasteiger partial charge in [0.2, 0.25) is 5.91 Å². The predicted octanol–water partition coefficient (Wildman–Crippen LogP) is 3.40. The number of para-hydroxylation sites is 1. The van der Waals surface area contributed by atoms with Crippen molar-refractivity contribution in [1.29, 1.82) is 0 Å². The average Bonchev–Trinajstić information content (AvgIpc) is 3.72. The fraction of sp³-hybridized carbons (Fsp3) is 0.500. The van der Waals surface area contributed by atoms with Crippen LogP contribution in [0.4, 0.5) is 5.69 Å². The molecular formula is C28H37N3O5. The lowest BCUT2D eigenvalue weighted by atomic mass is 9.98. The number of carbonyl (C=O) groups excluding carboxylic acids is 2. The highest BCUT2D eigenvalue weighted by Crippen LogP contribution is 2.37. The van der Waals surface area contributed by atoms with Crippen molar-refractivity contribution in [3.05, 3.63) is 53.6 Å². The Labute approximate surface area is 213 Å². The van der Waals surface area contributed by atoms with E-state index in [2.05, 4.69) is 17.1 Å². The first-order chi connectivity index (χ1) is 17.3. The van der Waals surface area contributed by atoms with E-state index in [4.69, 9.17) is 9.47 Å². The van der Waals surface area contributed by atoms with Gasteiger partial charge in [0, 0.05) is 31.5 Å². The molecule has 194 valence electrons. The van der Waals surface area contributed by atoms with Crippen LogP contribution in [0.2, 0.25) is 0 Å². The van der Waals surface area contributed by atoms with Gasteiger partial charge in [-0.15, -0.1) is 0 Å². The van der Waals surface area contributed by atoms with Gasteiger partial charge in [-0.2, -0.15) is 0 Å². The Morgan fingerprint density at radius 1 is 1.25 bits per heavy atom. The monoisotopic (exact) mass is 495 g/mol. The van der Waals surface area contributed by atoms with Crippen molar-refractivity contribution in [2.24, 2.45) is 11.8 Å². The van der Waals surface area contributed by atoms with E-state index in [1.807, 2.05) is 38.2 Å². The van der Waals surface area contributed by atoms with Gasteiger partial charge in [-0.05, 0) is 56.6 Å². The second-order valence-electron chi connectivity index (χ2n) is 10.1. The summed E-state index contributed by atoms with van der Waals surface area (Å²) >= 11 is 0. The number of aliphatic hydroxyl groups is 1. The number of nitrogens with one attached hydrogen (secondary N) is 1. The fourth-order valence-corrected chi connectivity index (χ4v) is 4.55. The minimum absolute atomic E-state index is 0.0124. The summed E-state index contributed by atoms with van der Waals surface area (Å²) in [4.78, 5) is 30.0. The highest BCUT2D eigenvalue weighted by atomic mass is 16.5. The van der Waals surface area contributed by atoms with Crippen LogP contribution < -0.4 is 14.8 Å². The summed E-state index contributed by atoms with van der Waals surface area (Å²) in [5.41, 5.74) is 2.07. The summed E-state index contributed by atoms with van der Waals surface area (Å²) in [6.45, 7) is 5.57. The number of hydrogen-bond donors (Lipinski definition) is 2. The van der Waals surface area contributed by atoms with E-state index in [-0.39, 0.29) is 42.4 Å². The number of ether oxygens (including phenoxy) is 2. The quantitative estimate of drug-likeness (QED) is 0.554. The third-order valence-corrected chi connectivity index (χ3v) is 7.00. The molecule has 2 aromatic rings. The highest BCUT2D eigenvalue weighted by molar-refractivity contribution is 6.02. The van der Waals surface area contributed by atoms with Gasteiger partial charge in [0.15, 0.2) is 5.75 Å². The van der Waals surface area contributed by atoms with Crippen molar-refractivity contribution in [1.82, 2.24) is 9.80 Å². The maximum Gasteiger partial charge on any atom is 0.258 e. The van der Waals surface area contributed by atoms with Crippen LogP contribution >= 0.6 is 0 Å². The minimum atomic E-state index is -0.340. The Balaban J connectivity index is 1.61. The van der Waals surface area contributed by atoms with Crippen molar-refractivity contribution in [2.75, 3.05) is 39.2 Å². The molecule has 0 radical (unpaired) electrons. The molecule has 3 atom stereocenters. The van der Waals surface area contributed by atoms with Gasteiger partial charge >= 0.3 is 0 Å². The van der Waals surface area contributed by atoms with Gasteiger partial charge in [-0.3, -0.25) is 14.5 Å². The van der Waals surface area contributed by atoms with Gasteiger partial charge in [0.1, 0.15) is 11.9 Å². The number of rotatable bonds is 9. The Hall–Kier alpha value is -3.10. The summed E-state index contributed by atoms with van der Waals surface area (Å²) in [6.07, 6.45) is 1.53. The number of nitrogens with zero attached hydrogens (tertiary/aromatic N) is 2. The van der Waals surface area contributed by atoms with Crippen molar-refractivity contribution in [3.8, 4) is 11.5 Å². The topological polar surface area (TPSA) is 91.3 Å². The highest BCUT2D eigenvalue weighted by Gasteiger charge is 2.36. The van der Waals surface area contributed by atoms with Crippen LogP contribution in [-0.2, 0) is 11.3 Å². The maximum atomic E-state index is 13.5. The molecule has 4 rings (SSSR count). The molecule has 2 aromatic carbocycles. The number of likely N-dealkylation sites (N-methyl/N-ethyl adjacent to an activating group) is 1. The largest absolute Gasteiger partial charge is 0.497 e. The third-order valence-electron chi connectivity index (χ3n) is 7.00. The molecule has 8 heteroatoms. The normalized spacial score (nSPS) is 20.7. The molecule has 0 aromatic heterocycles. The molecule has 2 N–H and O–H groups in total. The lowest BCUT2D eigenvalue weighted by Crippen LogP contribution is -2.49. The van der Waals surface area contributed by atoms with Gasteiger partial charge in [0.25, 0.3) is 5.91 Å². The molecule has 0 bridgehead atoms. The summed E-state index contributed by atoms with van der Waals surface area (Å²) in [5, 5.41) is 12.8. The van der Waals surface area contributed by atoms with E-state index in [0.717, 1.165) is 30.7 Å². The molecule has 2 amide bonds. The van der Waals surface area contributed by atoms with Crippen LogP contribution in [-0.4, -0.2) is 72.7 Å². The van der Waals surface area contributed by atoms with Crippen molar-refractivity contribution < 1.29 is 24.2 Å². The van der Waals surface area contributed by atoms with Gasteiger partial charge in [-0.25, -0.2) is 0 Å². The molecule has 1 heterocycles. The van der Waals surface area contributed by atoms with E-state index in [0.29, 0.717) is 30.1 Å². The van der Waals surface area contributed by atoms with Crippen LogP contribution in [0.25, 0.3) is 0 Å². The maximum absolute atomic E-state index is 13.5. The third kappa shape index (κ3) is 5.99. The number of carbonyl (C=O) groups is 2. The lowest BCUT2D eigenvalue weighted by Gasteiger charge is -2.38. The number of aliphatic hydroxyl groups excluding tert-OH is 1. The Kier molecular flexibility index (Phi) is 8.16. The van der Waals surface area contributed by atoms with E-state index in [1.54, 1.807) is 30.2 Å². The number of hydrogen-bond acceptors (Lipinski definition) is 6. The van der Waals surface area contributed by atoms with E-state index >= 15 is 0 Å². The SMILES string of the molecule is COc1ccc(CN(C)C[C@H]2Oc3c(NC(=O)C4CC4)cccc3C(=O)N([C@H](C)CO)C[C@@H]2C)cc1. The zero-order chi connectivity index (χ0) is 25.8. The van der Waals surface area contributed by atoms with Crippen LogP contribution in [0.5, 0.6) is 11.5 Å². The van der Waals surface area contributed by atoms with Crippen LogP contribution in [0, 0.1) is 11.8 Å². The number of fused-ring (bicyclic) bond motifs is 1. The first-order valence-electron chi connectivity index (χ1n) is 12.6. The van der Waals surface area contributed by atoms with Crippen molar-refractivity contribution in [3.63, 3.8) is 0 Å². The molecule has 0 unspecified atom stereocenters. The summed E-state index contributed by atoms with van der Waals surface area (Å²) in [5.74, 6) is 0.997. The van der Waals surface area contributed by atoms with Gasteiger partial charge in [0.05, 0.1) is 31.0 Å². The van der Waals surface area contributed by atoms with Gasteiger partial charge in [-0.1, -0.05) is 25.1 Å². The van der Waals surface area contributed by atoms with E-state index in [9.17, 15) is 14.7 Å². The Morgan fingerprint density at radius 2 is 1.97 bits per heavy atom. The second kappa shape index (κ2) is 11.3. The minimum Gasteiger partial charge on any atom is -0.497 e. The van der Waals surface area contributed by atoms with E-state index in [1.165, 1.54) is 0 Å². The molecule has 1 aliphatic heterocycles. The fourth-order valence-electron chi connectivity index (χ4n) is 4.55. The van der Waals surface area contributed by atoms with Crippen LogP contribution in [0.1, 0.15) is 42.6 Å². The predicted molar refractivity (Wildman–Crippen MR) is 138 cm³/mol. The van der Waals surface area contributed by atoms with Crippen LogP contribution in [0.3, 0.4) is 0 Å². The number of anilines is 1. The molecule has 8 nitrogen and oxygen atoms in total. The smallest absolute Gasteiger partial charge is 0.258 e. The first kappa shape index (κ1) is 26.0. The zero-order valence-electron chi connectivity index (χ0n) is 21.6. The molecule has 36 heavy (non-hydrogen) atoms. The average molecular weight is 496 g/mol. The second-order valence-corrected chi connectivity index (χ2v) is 10.1. The summed E-state index contributed by atoms with van der Waals surface area (Å²) in [6, 6.07) is 12.9. The molecule has 1 fully saturated rings. The van der Waals surface area contributed by atoms with E-state index < -0.39 is 0 Å². The summed E-state index contributed by atoms with van der Waals surface area (Å²) < 4.78 is 11.8. The molecule has 1 saturated carbocycles. The van der Waals surface area contributed by atoms with Crippen LogP contribution in [0.15, 0.2) is 42.5 Å². The van der Waals surface area contributed by atoms with Crippen molar-refractivity contribution >= 4 is 17.5 Å². The molecular weight excluding hydrogens is 458 g/mol. The lowest BCUT2D eigenvalue weighted by molar-refractivity contribution is -0.117. The number of amides is 2. The summed E-state index contributed by atoms with van der Waals surface area (Å²) in [7, 11) is 3.69. The number of benzene rings is 2. The number of methoxy groups -OCH3 is 1. The molecule has 1 aliphatic carbocycles. The Morgan fingerprint density at radius 3 is 2.61 bits per heavy atom.